The smallest absolute Gasteiger partial charge is 0.431 e. The second kappa shape index (κ2) is 6.43. The van der Waals surface area contributed by atoms with E-state index in [1.54, 1.807) is 6.07 Å². The molecule has 25 heavy (non-hydrogen) atoms. The summed E-state index contributed by atoms with van der Waals surface area (Å²) in [4.78, 5) is 12.2. The monoisotopic (exact) mass is 374 g/mol. The van der Waals surface area contributed by atoms with Crippen LogP contribution in [0.15, 0.2) is 29.5 Å². The molecule has 6 nitrogen and oxygen atoms in total. The molecule has 3 rings (SSSR count). The van der Waals surface area contributed by atoms with Crippen LogP contribution in [0.25, 0.3) is 0 Å². The maximum atomic E-state index is 13.4. The van der Waals surface area contributed by atoms with Crippen molar-refractivity contribution in [1.29, 1.82) is 0 Å². The molecule has 10 heteroatoms. The van der Waals surface area contributed by atoms with Gasteiger partial charge in [-0.2, -0.15) is 13.2 Å². The lowest BCUT2D eigenvalue weighted by Crippen LogP contribution is -2.49. The second-order valence-electron chi connectivity index (χ2n) is 5.15. The Kier molecular flexibility index (Phi) is 4.46. The molecule has 0 spiro atoms. The zero-order valence-electron chi connectivity index (χ0n) is 12.9. The molecule has 0 aromatic heterocycles. The van der Waals surface area contributed by atoms with Crippen molar-refractivity contribution in [2.75, 3.05) is 13.4 Å². The van der Waals surface area contributed by atoms with E-state index in [2.05, 4.69) is 5.32 Å². The average Bonchev–Trinajstić information content (AvgIpc) is 3.00. The minimum absolute atomic E-state index is 0.0191. The lowest BCUT2D eigenvalue weighted by Gasteiger charge is -2.31. The number of carbonyl (C=O) groups is 1. The van der Waals surface area contributed by atoms with Gasteiger partial charge >= 0.3 is 12.1 Å². The number of hydrogen-bond donors (Lipinski definition) is 2. The van der Waals surface area contributed by atoms with Crippen molar-refractivity contribution in [3.05, 3.63) is 35.0 Å². The standard InChI is InChI=1S/C15H13F3N2O4S/c1-2-22-13(21)10-11(19-14(25)20-12(10)15(16,17)18)7-3-4-8-9(5-7)24-6-23-8/h3-5,11H,2,6H2,1H3,(H2,19,20,25)/t11-/m1/s1. The summed E-state index contributed by atoms with van der Waals surface area (Å²) < 4.78 is 55.5. The van der Waals surface area contributed by atoms with Crippen molar-refractivity contribution in [2.45, 2.75) is 19.1 Å². The molecule has 0 radical (unpaired) electrons. The average molecular weight is 374 g/mol. The first-order valence-electron chi connectivity index (χ1n) is 7.26. The minimum atomic E-state index is -4.80. The van der Waals surface area contributed by atoms with Gasteiger partial charge in [-0.3, -0.25) is 0 Å². The molecule has 134 valence electrons. The predicted octanol–water partition coefficient (Wildman–Crippen LogP) is 2.31. The molecule has 0 fully saturated rings. The molecule has 2 aliphatic rings. The van der Waals surface area contributed by atoms with Gasteiger partial charge in [0, 0.05) is 0 Å². The van der Waals surface area contributed by atoms with E-state index in [-0.39, 0.29) is 18.5 Å². The molecule has 2 aliphatic heterocycles. The van der Waals surface area contributed by atoms with Crippen LogP contribution < -0.4 is 20.1 Å². The van der Waals surface area contributed by atoms with Crippen LogP contribution in [-0.2, 0) is 9.53 Å². The summed E-state index contributed by atoms with van der Waals surface area (Å²) in [5.41, 5.74) is -1.47. The van der Waals surface area contributed by atoms with Gasteiger partial charge in [-0.05, 0) is 36.8 Å². The molecule has 2 N–H and O–H groups in total. The summed E-state index contributed by atoms with van der Waals surface area (Å²) in [5.74, 6) is -0.238. The van der Waals surface area contributed by atoms with E-state index in [0.29, 0.717) is 17.1 Å². The number of fused-ring (bicyclic) bond motifs is 1. The number of halogens is 3. The molecule has 0 amide bonds. The summed E-state index contributed by atoms with van der Waals surface area (Å²) in [6, 6.07) is 3.45. The third-order valence-electron chi connectivity index (χ3n) is 3.58. The Hall–Kier alpha value is -2.49. The van der Waals surface area contributed by atoms with Gasteiger partial charge in [-0.25, -0.2) is 4.79 Å². The lowest BCUT2D eigenvalue weighted by molar-refractivity contribution is -0.140. The highest BCUT2D eigenvalue weighted by Crippen LogP contribution is 2.39. The number of thiocarbonyl (C=S) groups is 1. The molecular weight excluding hydrogens is 361 g/mol. The first-order chi connectivity index (χ1) is 11.8. The number of hydrogen-bond acceptors (Lipinski definition) is 5. The third kappa shape index (κ3) is 3.34. The van der Waals surface area contributed by atoms with Crippen molar-refractivity contribution < 1.29 is 32.2 Å². The van der Waals surface area contributed by atoms with Gasteiger partial charge in [0.25, 0.3) is 0 Å². The number of esters is 1. The van der Waals surface area contributed by atoms with Crippen LogP contribution in [-0.4, -0.2) is 30.7 Å². The zero-order valence-corrected chi connectivity index (χ0v) is 13.7. The van der Waals surface area contributed by atoms with Gasteiger partial charge < -0.3 is 24.8 Å². The summed E-state index contributed by atoms with van der Waals surface area (Å²) in [6.45, 7) is 1.46. The number of carbonyl (C=O) groups excluding carboxylic acids is 1. The first kappa shape index (κ1) is 17.3. The Labute approximate surface area is 145 Å². The van der Waals surface area contributed by atoms with E-state index in [0.717, 1.165) is 0 Å². The van der Waals surface area contributed by atoms with Crippen molar-refractivity contribution in [2.24, 2.45) is 0 Å². The number of nitrogens with one attached hydrogen (secondary N) is 2. The maximum Gasteiger partial charge on any atom is 0.431 e. The summed E-state index contributed by atoms with van der Waals surface area (Å²) >= 11 is 4.87. The summed E-state index contributed by atoms with van der Waals surface area (Å²) in [7, 11) is 0. The Morgan fingerprint density at radius 1 is 1.36 bits per heavy atom. The van der Waals surface area contributed by atoms with Gasteiger partial charge in [0.15, 0.2) is 16.6 Å². The van der Waals surface area contributed by atoms with Crippen molar-refractivity contribution in [1.82, 2.24) is 10.6 Å². The van der Waals surface area contributed by atoms with Crippen LogP contribution in [0.4, 0.5) is 13.2 Å². The number of allylic oxidation sites excluding steroid dienone is 1. The molecule has 1 aromatic carbocycles. The van der Waals surface area contributed by atoms with E-state index < -0.39 is 29.5 Å². The van der Waals surface area contributed by atoms with E-state index in [9.17, 15) is 18.0 Å². The molecule has 1 atom stereocenters. The highest BCUT2D eigenvalue weighted by atomic mass is 32.1. The van der Waals surface area contributed by atoms with Crippen LogP contribution in [0.2, 0.25) is 0 Å². The Bertz CT molecular complexity index is 764. The highest BCUT2D eigenvalue weighted by molar-refractivity contribution is 7.80. The van der Waals surface area contributed by atoms with Crippen molar-refractivity contribution in [3.63, 3.8) is 0 Å². The molecule has 0 bridgehead atoms. The van der Waals surface area contributed by atoms with Crippen LogP contribution in [0.1, 0.15) is 18.5 Å². The fraction of sp³-hybridized carbons (Fsp3) is 0.333. The van der Waals surface area contributed by atoms with Crippen molar-refractivity contribution in [3.8, 4) is 11.5 Å². The van der Waals surface area contributed by atoms with E-state index >= 15 is 0 Å². The largest absolute Gasteiger partial charge is 0.463 e. The normalized spacial score (nSPS) is 19.4. The number of rotatable bonds is 3. The minimum Gasteiger partial charge on any atom is -0.463 e. The lowest BCUT2D eigenvalue weighted by atomic mass is 9.94. The fourth-order valence-electron chi connectivity index (χ4n) is 2.56. The van der Waals surface area contributed by atoms with Gasteiger partial charge in [0.05, 0.1) is 18.2 Å². The summed E-state index contributed by atoms with van der Waals surface area (Å²) in [6.07, 6.45) is -4.80. The van der Waals surface area contributed by atoms with Gasteiger partial charge in [-0.15, -0.1) is 0 Å². The quantitative estimate of drug-likeness (QED) is 0.622. The second-order valence-corrected chi connectivity index (χ2v) is 5.56. The molecular formula is C15H13F3N2O4S. The van der Waals surface area contributed by atoms with Crippen molar-refractivity contribution >= 4 is 23.3 Å². The van der Waals surface area contributed by atoms with E-state index in [4.69, 9.17) is 26.4 Å². The molecule has 2 heterocycles. The molecule has 0 unspecified atom stereocenters. The van der Waals surface area contributed by atoms with E-state index in [1.807, 2.05) is 5.32 Å². The fourth-order valence-corrected chi connectivity index (χ4v) is 2.78. The number of benzene rings is 1. The van der Waals surface area contributed by atoms with Crippen LogP contribution >= 0.6 is 12.2 Å². The summed E-state index contributed by atoms with van der Waals surface area (Å²) in [5, 5.41) is 4.45. The number of alkyl halides is 3. The third-order valence-corrected chi connectivity index (χ3v) is 3.80. The molecule has 0 aliphatic carbocycles. The van der Waals surface area contributed by atoms with Gasteiger partial charge in [0.1, 0.15) is 5.70 Å². The first-order valence-corrected chi connectivity index (χ1v) is 7.67. The van der Waals surface area contributed by atoms with Crippen LogP contribution in [0.5, 0.6) is 11.5 Å². The predicted molar refractivity (Wildman–Crippen MR) is 83.9 cm³/mol. The van der Waals surface area contributed by atoms with E-state index in [1.165, 1.54) is 19.1 Å². The maximum absolute atomic E-state index is 13.4. The Morgan fingerprint density at radius 3 is 2.76 bits per heavy atom. The molecule has 0 saturated heterocycles. The van der Waals surface area contributed by atoms with Gasteiger partial charge in [0.2, 0.25) is 6.79 Å². The SMILES string of the molecule is CCOC(=O)C1=C(C(F)(F)F)NC(=S)N[C@@H]1c1ccc2c(c1)OCO2. The molecule has 1 aromatic rings. The Morgan fingerprint density at radius 2 is 2.08 bits per heavy atom. The van der Waals surface area contributed by atoms with Crippen LogP contribution in [0.3, 0.4) is 0 Å². The van der Waals surface area contributed by atoms with Crippen LogP contribution in [0, 0.1) is 0 Å². The molecule has 0 saturated carbocycles. The topological polar surface area (TPSA) is 68.8 Å². The van der Waals surface area contributed by atoms with Gasteiger partial charge in [-0.1, -0.05) is 6.07 Å². The number of ether oxygens (including phenoxy) is 3. The highest BCUT2D eigenvalue weighted by Gasteiger charge is 2.45. The Balaban J connectivity index is 2.11. The zero-order chi connectivity index (χ0) is 18.2.